The first-order valence-corrected chi connectivity index (χ1v) is 6.47. The Hall–Kier alpha value is -0.160. The Morgan fingerprint density at radius 3 is 2.69 bits per heavy atom. The third-order valence-electron chi connectivity index (χ3n) is 3.38. The zero-order chi connectivity index (χ0) is 11.8. The van der Waals surface area contributed by atoms with Gasteiger partial charge in [0.25, 0.3) is 0 Å². The molecular weight excluding hydrogens is 204 g/mol. The van der Waals surface area contributed by atoms with Crippen molar-refractivity contribution in [2.75, 3.05) is 39.4 Å². The zero-order valence-corrected chi connectivity index (χ0v) is 10.4. The molecule has 4 heteroatoms. The van der Waals surface area contributed by atoms with E-state index in [4.69, 9.17) is 10.2 Å². The standard InChI is InChI=1S/C12H26N2O2/c1-2-14-9-11(4-3-6-15)8-12(10-14)13-5-7-16/h11-13,15-16H,2-10H2,1H3. The van der Waals surface area contributed by atoms with Gasteiger partial charge in [-0.3, -0.25) is 0 Å². The summed E-state index contributed by atoms with van der Waals surface area (Å²) in [5, 5.41) is 21.1. The van der Waals surface area contributed by atoms with E-state index in [0.717, 1.165) is 32.5 Å². The summed E-state index contributed by atoms with van der Waals surface area (Å²) in [7, 11) is 0. The molecule has 0 radical (unpaired) electrons. The van der Waals surface area contributed by atoms with Gasteiger partial charge >= 0.3 is 0 Å². The van der Waals surface area contributed by atoms with Gasteiger partial charge < -0.3 is 20.4 Å². The number of hydrogen-bond donors (Lipinski definition) is 3. The molecule has 4 nitrogen and oxygen atoms in total. The van der Waals surface area contributed by atoms with E-state index < -0.39 is 0 Å². The lowest BCUT2D eigenvalue weighted by atomic mass is 9.90. The predicted octanol–water partition coefficient (Wildman–Crippen LogP) is 0.0512. The summed E-state index contributed by atoms with van der Waals surface area (Å²) < 4.78 is 0. The Labute approximate surface area is 98.6 Å². The molecule has 96 valence electrons. The molecule has 1 aliphatic heterocycles. The lowest BCUT2D eigenvalue weighted by molar-refractivity contribution is 0.131. The van der Waals surface area contributed by atoms with Gasteiger partial charge in [-0.1, -0.05) is 6.92 Å². The van der Waals surface area contributed by atoms with Gasteiger partial charge in [-0.25, -0.2) is 0 Å². The average Bonchev–Trinajstić information content (AvgIpc) is 2.33. The number of aliphatic hydroxyl groups excluding tert-OH is 2. The molecule has 0 aromatic rings. The summed E-state index contributed by atoms with van der Waals surface area (Å²) in [6.45, 7) is 6.74. The molecular formula is C12H26N2O2. The van der Waals surface area contributed by atoms with E-state index in [9.17, 15) is 0 Å². The van der Waals surface area contributed by atoms with Gasteiger partial charge in [0.1, 0.15) is 0 Å². The quantitative estimate of drug-likeness (QED) is 0.578. The molecule has 0 spiro atoms. The number of aliphatic hydroxyl groups is 2. The summed E-state index contributed by atoms with van der Waals surface area (Å²) in [5.74, 6) is 0.692. The third-order valence-corrected chi connectivity index (χ3v) is 3.38. The Morgan fingerprint density at radius 2 is 2.06 bits per heavy atom. The van der Waals surface area contributed by atoms with Crippen LogP contribution in [0.15, 0.2) is 0 Å². The van der Waals surface area contributed by atoms with Crippen molar-refractivity contribution in [1.29, 1.82) is 0 Å². The van der Waals surface area contributed by atoms with E-state index in [1.165, 1.54) is 6.42 Å². The first-order valence-electron chi connectivity index (χ1n) is 6.47. The van der Waals surface area contributed by atoms with Crippen LogP contribution < -0.4 is 5.32 Å². The van der Waals surface area contributed by atoms with E-state index >= 15 is 0 Å². The number of likely N-dealkylation sites (tertiary alicyclic amines) is 1. The molecule has 0 aromatic carbocycles. The highest BCUT2D eigenvalue weighted by molar-refractivity contribution is 4.82. The predicted molar refractivity (Wildman–Crippen MR) is 65.4 cm³/mol. The number of nitrogens with one attached hydrogen (secondary N) is 1. The molecule has 16 heavy (non-hydrogen) atoms. The molecule has 3 N–H and O–H groups in total. The molecule has 0 aliphatic carbocycles. The van der Waals surface area contributed by atoms with Crippen LogP contribution in [0, 0.1) is 5.92 Å². The maximum absolute atomic E-state index is 8.87. The highest BCUT2D eigenvalue weighted by atomic mass is 16.3. The molecule has 0 saturated carbocycles. The number of rotatable bonds is 7. The molecule has 1 heterocycles. The zero-order valence-electron chi connectivity index (χ0n) is 10.4. The Morgan fingerprint density at radius 1 is 1.25 bits per heavy atom. The molecule has 0 aromatic heterocycles. The van der Waals surface area contributed by atoms with Crippen molar-refractivity contribution in [3.63, 3.8) is 0 Å². The van der Waals surface area contributed by atoms with Crippen molar-refractivity contribution in [2.45, 2.75) is 32.2 Å². The fourth-order valence-corrected chi connectivity index (χ4v) is 2.57. The molecule has 1 aliphatic rings. The van der Waals surface area contributed by atoms with Crippen LogP contribution in [-0.4, -0.2) is 60.5 Å². The Bertz CT molecular complexity index is 162. The topological polar surface area (TPSA) is 55.7 Å². The van der Waals surface area contributed by atoms with Crippen molar-refractivity contribution in [3.05, 3.63) is 0 Å². The fraction of sp³-hybridized carbons (Fsp3) is 1.00. The summed E-state index contributed by atoms with van der Waals surface area (Å²) in [4.78, 5) is 2.46. The first-order chi connectivity index (χ1) is 7.80. The maximum atomic E-state index is 8.87. The molecule has 1 saturated heterocycles. The van der Waals surface area contributed by atoms with Gasteiger partial charge in [0, 0.05) is 32.3 Å². The maximum Gasteiger partial charge on any atom is 0.0556 e. The van der Waals surface area contributed by atoms with Crippen molar-refractivity contribution >= 4 is 0 Å². The van der Waals surface area contributed by atoms with Crippen molar-refractivity contribution in [3.8, 4) is 0 Å². The van der Waals surface area contributed by atoms with E-state index in [1.807, 2.05) is 0 Å². The van der Waals surface area contributed by atoms with Crippen molar-refractivity contribution in [1.82, 2.24) is 10.2 Å². The number of nitrogens with zero attached hydrogens (tertiary/aromatic N) is 1. The van der Waals surface area contributed by atoms with E-state index in [1.54, 1.807) is 0 Å². The average molecular weight is 230 g/mol. The Kier molecular flexibility index (Phi) is 6.96. The largest absolute Gasteiger partial charge is 0.396 e. The van der Waals surface area contributed by atoms with Gasteiger partial charge in [0.2, 0.25) is 0 Å². The van der Waals surface area contributed by atoms with Crippen LogP contribution in [0.25, 0.3) is 0 Å². The normalized spacial score (nSPS) is 27.2. The summed E-state index contributed by atoms with van der Waals surface area (Å²) in [6.07, 6.45) is 3.20. The highest BCUT2D eigenvalue weighted by Gasteiger charge is 2.25. The lowest BCUT2D eigenvalue weighted by Crippen LogP contribution is -2.49. The van der Waals surface area contributed by atoms with Crippen LogP contribution >= 0.6 is 0 Å². The third kappa shape index (κ3) is 4.78. The number of likely N-dealkylation sites (N-methyl/N-ethyl adjacent to an activating group) is 1. The minimum atomic E-state index is 0.212. The van der Waals surface area contributed by atoms with Crippen LogP contribution in [0.2, 0.25) is 0 Å². The second-order valence-corrected chi connectivity index (χ2v) is 4.69. The Balaban J connectivity index is 2.34. The van der Waals surface area contributed by atoms with Gasteiger partial charge in [0.05, 0.1) is 6.61 Å². The van der Waals surface area contributed by atoms with E-state index in [0.29, 0.717) is 25.1 Å². The molecule has 2 atom stereocenters. The minimum absolute atomic E-state index is 0.212. The van der Waals surface area contributed by atoms with Crippen LogP contribution in [-0.2, 0) is 0 Å². The molecule has 1 fully saturated rings. The van der Waals surface area contributed by atoms with Gasteiger partial charge in [-0.05, 0) is 31.7 Å². The number of piperidine rings is 1. The van der Waals surface area contributed by atoms with Crippen LogP contribution in [0.3, 0.4) is 0 Å². The number of hydrogen-bond acceptors (Lipinski definition) is 4. The smallest absolute Gasteiger partial charge is 0.0556 e. The van der Waals surface area contributed by atoms with Crippen molar-refractivity contribution < 1.29 is 10.2 Å². The van der Waals surface area contributed by atoms with Gasteiger partial charge in [-0.15, -0.1) is 0 Å². The SMILES string of the molecule is CCN1CC(CCCO)CC(NCCO)C1. The minimum Gasteiger partial charge on any atom is -0.396 e. The lowest BCUT2D eigenvalue weighted by Gasteiger charge is -2.37. The van der Waals surface area contributed by atoms with Crippen LogP contribution in [0.5, 0.6) is 0 Å². The summed E-state index contributed by atoms with van der Waals surface area (Å²) >= 11 is 0. The molecule has 2 unspecified atom stereocenters. The summed E-state index contributed by atoms with van der Waals surface area (Å²) in [5.41, 5.74) is 0. The molecule has 0 bridgehead atoms. The monoisotopic (exact) mass is 230 g/mol. The van der Waals surface area contributed by atoms with E-state index in [-0.39, 0.29) is 6.61 Å². The fourth-order valence-electron chi connectivity index (χ4n) is 2.57. The van der Waals surface area contributed by atoms with Crippen LogP contribution in [0.1, 0.15) is 26.2 Å². The second-order valence-electron chi connectivity index (χ2n) is 4.69. The van der Waals surface area contributed by atoms with Crippen molar-refractivity contribution in [2.24, 2.45) is 5.92 Å². The molecule has 0 amide bonds. The highest BCUT2D eigenvalue weighted by Crippen LogP contribution is 2.21. The first kappa shape index (κ1) is 13.9. The second kappa shape index (κ2) is 8.01. The van der Waals surface area contributed by atoms with Crippen LogP contribution in [0.4, 0.5) is 0 Å². The summed E-state index contributed by atoms with van der Waals surface area (Å²) in [6, 6.07) is 0.504. The molecule has 1 rings (SSSR count). The van der Waals surface area contributed by atoms with Gasteiger partial charge in [0.15, 0.2) is 0 Å². The van der Waals surface area contributed by atoms with E-state index in [2.05, 4.69) is 17.1 Å². The van der Waals surface area contributed by atoms with Gasteiger partial charge in [-0.2, -0.15) is 0 Å².